The molecule has 0 aliphatic heterocycles. The molecule has 0 aliphatic rings. The first-order valence-corrected chi connectivity index (χ1v) is 10.0. The fourth-order valence-electron chi connectivity index (χ4n) is 2.80. The van der Waals surface area contributed by atoms with Crippen molar-refractivity contribution in [3.8, 4) is 11.3 Å². The summed E-state index contributed by atoms with van der Waals surface area (Å²) in [6, 6.07) is 17.2. The normalized spacial score (nSPS) is 12.7. The van der Waals surface area contributed by atoms with Crippen LogP contribution in [0.15, 0.2) is 76.2 Å². The SMILES string of the molecule is CCCC(N)c1ccc(NS(=O)(=O)c2ccccc2)c(-c2ccco2)c1. The van der Waals surface area contributed by atoms with Crippen molar-refractivity contribution in [2.75, 3.05) is 4.72 Å². The summed E-state index contributed by atoms with van der Waals surface area (Å²) in [7, 11) is -3.69. The van der Waals surface area contributed by atoms with Crippen LogP contribution in [0.25, 0.3) is 11.3 Å². The van der Waals surface area contributed by atoms with Crippen LogP contribution in [0, 0.1) is 0 Å². The van der Waals surface area contributed by atoms with Gasteiger partial charge >= 0.3 is 0 Å². The van der Waals surface area contributed by atoms with Crippen molar-refractivity contribution in [1.82, 2.24) is 0 Å². The number of nitrogens with one attached hydrogen (secondary N) is 1. The minimum atomic E-state index is -3.69. The van der Waals surface area contributed by atoms with Gasteiger partial charge in [-0.25, -0.2) is 8.42 Å². The fraction of sp³-hybridized carbons (Fsp3) is 0.200. The summed E-state index contributed by atoms with van der Waals surface area (Å²) >= 11 is 0. The van der Waals surface area contributed by atoms with E-state index in [2.05, 4.69) is 11.6 Å². The number of sulfonamides is 1. The smallest absolute Gasteiger partial charge is 0.261 e. The zero-order chi connectivity index (χ0) is 18.6. The Bertz CT molecular complexity index is 952. The number of nitrogens with two attached hydrogens (primary N) is 1. The highest BCUT2D eigenvalue weighted by Gasteiger charge is 2.18. The Kier molecular flexibility index (Phi) is 5.44. The predicted molar refractivity (Wildman–Crippen MR) is 103 cm³/mol. The van der Waals surface area contributed by atoms with Gasteiger partial charge in [-0.3, -0.25) is 4.72 Å². The summed E-state index contributed by atoms with van der Waals surface area (Å²) in [5.41, 5.74) is 8.29. The molecule has 0 fully saturated rings. The Balaban J connectivity index is 2.01. The van der Waals surface area contributed by atoms with Gasteiger partial charge in [0.2, 0.25) is 0 Å². The van der Waals surface area contributed by atoms with Crippen LogP contribution in [0.5, 0.6) is 0 Å². The summed E-state index contributed by atoms with van der Waals surface area (Å²) in [6.45, 7) is 2.08. The molecule has 136 valence electrons. The first-order valence-electron chi connectivity index (χ1n) is 8.52. The number of anilines is 1. The van der Waals surface area contributed by atoms with Gasteiger partial charge in [-0.2, -0.15) is 0 Å². The number of hydrogen-bond donors (Lipinski definition) is 2. The summed E-state index contributed by atoms with van der Waals surface area (Å²) in [5, 5.41) is 0. The third-order valence-corrected chi connectivity index (χ3v) is 5.54. The Labute approximate surface area is 153 Å². The van der Waals surface area contributed by atoms with Crippen molar-refractivity contribution in [1.29, 1.82) is 0 Å². The van der Waals surface area contributed by atoms with Crippen molar-refractivity contribution in [2.24, 2.45) is 5.73 Å². The van der Waals surface area contributed by atoms with Crippen LogP contribution in [0.1, 0.15) is 31.4 Å². The Morgan fingerprint density at radius 2 is 1.85 bits per heavy atom. The van der Waals surface area contributed by atoms with Crippen LogP contribution in [-0.2, 0) is 10.0 Å². The van der Waals surface area contributed by atoms with Crippen LogP contribution >= 0.6 is 0 Å². The van der Waals surface area contributed by atoms with E-state index in [1.165, 1.54) is 0 Å². The summed E-state index contributed by atoms with van der Waals surface area (Å²) in [4.78, 5) is 0.206. The zero-order valence-electron chi connectivity index (χ0n) is 14.6. The maximum absolute atomic E-state index is 12.7. The van der Waals surface area contributed by atoms with Crippen LogP contribution in [0.4, 0.5) is 5.69 Å². The minimum absolute atomic E-state index is 0.103. The molecular weight excluding hydrogens is 348 g/mol. The van der Waals surface area contributed by atoms with E-state index < -0.39 is 10.0 Å². The molecular formula is C20H22N2O3S. The number of hydrogen-bond acceptors (Lipinski definition) is 4. The van der Waals surface area contributed by atoms with Crippen LogP contribution in [0.3, 0.4) is 0 Å². The average molecular weight is 370 g/mol. The van der Waals surface area contributed by atoms with Crippen molar-refractivity contribution in [3.05, 3.63) is 72.5 Å². The van der Waals surface area contributed by atoms with Crippen molar-refractivity contribution >= 4 is 15.7 Å². The van der Waals surface area contributed by atoms with E-state index in [9.17, 15) is 8.42 Å². The van der Waals surface area contributed by atoms with E-state index in [1.807, 2.05) is 12.1 Å². The quantitative estimate of drug-likeness (QED) is 0.639. The lowest BCUT2D eigenvalue weighted by Crippen LogP contribution is -2.14. The Morgan fingerprint density at radius 3 is 2.50 bits per heavy atom. The second-order valence-electron chi connectivity index (χ2n) is 6.10. The van der Waals surface area contributed by atoms with Gasteiger partial charge in [-0.05, 0) is 48.4 Å². The van der Waals surface area contributed by atoms with E-state index in [0.717, 1.165) is 18.4 Å². The number of benzene rings is 2. The molecule has 1 heterocycles. The number of rotatable bonds is 7. The Hall–Kier alpha value is -2.57. The largest absolute Gasteiger partial charge is 0.464 e. The standard InChI is InChI=1S/C20H22N2O3S/c1-2-7-18(21)15-11-12-19(17(14-15)20-10-6-13-25-20)22-26(23,24)16-8-4-3-5-9-16/h3-6,8-14,18,22H,2,7,21H2,1H3. The fourth-order valence-corrected chi connectivity index (χ4v) is 3.90. The summed E-state index contributed by atoms with van der Waals surface area (Å²) in [6.07, 6.45) is 3.38. The lowest BCUT2D eigenvalue weighted by atomic mass is 9.99. The predicted octanol–water partition coefficient (Wildman–Crippen LogP) is 4.55. The molecule has 3 aromatic rings. The molecule has 1 unspecified atom stereocenters. The third kappa shape index (κ3) is 3.98. The highest BCUT2D eigenvalue weighted by atomic mass is 32.2. The Morgan fingerprint density at radius 1 is 1.08 bits per heavy atom. The molecule has 5 nitrogen and oxygen atoms in total. The van der Waals surface area contributed by atoms with Gasteiger partial charge in [0.15, 0.2) is 0 Å². The van der Waals surface area contributed by atoms with Gasteiger partial charge in [0.1, 0.15) is 5.76 Å². The molecule has 0 aliphatic carbocycles. The van der Waals surface area contributed by atoms with Gasteiger partial charge in [0, 0.05) is 11.6 Å². The van der Waals surface area contributed by atoms with Gasteiger partial charge in [-0.1, -0.05) is 37.6 Å². The van der Waals surface area contributed by atoms with Gasteiger partial charge in [0.25, 0.3) is 10.0 Å². The zero-order valence-corrected chi connectivity index (χ0v) is 15.4. The highest BCUT2D eigenvalue weighted by Crippen LogP contribution is 2.33. The van der Waals surface area contributed by atoms with Crippen molar-refractivity contribution in [3.63, 3.8) is 0 Å². The highest BCUT2D eigenvalue weighted by molar-refractivity contribution is 7.92. The average Bonchev–Trinajstić information content (AvgIpc) is 3.17. The molecule has 1 atom stereocenters. The molecule has 0 bridgehead atoms. The lowest BCUT2D eigenvalue weighted by molar-refractivity contribution is 0.582. The second-order valence-corrected chi connectivity index (χ2v) is 7.78. The maximum Gasteiger partial charge on any atom is 0.261 e. The summed E-state index contributed by atoms with van der Waals surface area (Å²) in [5.74, 6) is 0.585. The van der Waals surface area contributed by atoms with E-state index in [-0.39, 0.29) is 10.9 Å². The molecule has 0 spiro atoms. The van der Waals surface area contributed by atoms with Crippen LogP contribution < -0.4 is 10.5 Å². The second kappa shape index (κ2) is 7.76. The molecule has 1 aromatic heterocycles. The molecule has 3 rings (SSSR count). The van der Waals surface area contributed by atoms with Crippen molar-refractivity contribution < 1.29 is 12.8 Å². The van der Waals surface area contributed by atoms with Crippen molar-refractivity contribution in [2.45, 2.75) is 30.7 Å². The molecule has 0 saturated carbocycles. The third-order valence-electron chi connectivity index (χ3n) is 4.16. The molecule has 6 heteroatoms. The summed E-state index contributed by atoms with van der Waals surface area (Å²) < 4.78 is 33.5. The topological polar surface area (TPSA) is 85.3 Å². The molecule has 0 saturated heterocycles. The lowest BCUT2D eigenvalue weighted by Gasteiger charge is -2.16. The van der Waals surface area contributed by atoms with Crippen LogP contribution in [-0.4, -0.2) is 8.42 Å². The molecule has 0 amide bonds. The molecule has 26 heavy (non-hydrogen) atoms. The maximum atomic E-state index is 12.7. The molecule has 2 aromatic carbocycles. The number of furan rings is 1. The molecule has 0 radical (unpaired) electrons. The molecule has 3 N–H and O–H groups in total. The van der Waals surface area contributed by atoms with Gasteiger partial charge < -0.3 is 10.2 Å². The van der Waals surface area contributed by atoms with E-state index >= 15 is 0 Å². The minimum Gasteiger partial charge on any atom is -0.464 e. The van der Waals surface area contributed by atoms with E-state index in [4.69, 9.17) is 10.2 Å². The first-order chi connectivity index (χ1) is 12.5. The monoisotopic (exact) mass is 370 g/mol. The van der Waals surface area contributed by atoms with Gasteiger partial charge in [-0.15, -0.1) is 0 Å². The first kappa shape index (κ1) is 18.2. The van der Waals surface area contributed by atoms with E-state index in [1.54, 1.807) is 54.8 Å². The van der Waals surface area contributed by atoms with E-state index in [0.29, 0.717) is 17.0 Å². The van der Waals surface area contributed by atoms with Crippen LogP contribution in [0.2, 0.25) is 0 Å². The van der Waals surface area contributed by atoms with Gasteiger partial charge in [0.05, 0.1) is 16.8 Å².